The van der Waals surface area contributed by atoms with Crippen molar-refractivity contribution >= 4 is 33.0 Å². The van der Waals surface area contributed by atoms with Gasteiger partial charge >= 0.3 is 4.87 Å². The third kappa shape index (κ3) is 2.64. The summed E-state index contributed by atoms with van der Waals surface area (Å²) in [7, 11) is 1.58. The SMILES string of the molecule is Cn1ncc(NCc2csc(=O)[nH]2)c(Br)c1=O. The Kier molecular flexibility index (Phi) is 3.43. The molecule has 0 aliphatic carbocycles. The molecule has 0 bridgehead atoms. The summed E-state index contributed by atoms with van der Waals surface area (Å²) in [5.41, 5.74) is 1.15. The molecular weight excluding hydrogens is 308 g/mol. The van der Waals surface area contributed by atoms with Gasteiger partial charge in [-0.05, 0) is 15.9 Å². The van der Waals surface area contributed by atoms with E-state index in [0.717, 1.165) is 17.0 Å². The van der Waals surface area contributed by atoms with Crippen LogP contribution in [0.15, 0.2) is 25.6 Å². The lowest BCUT2D eigenvalue weighted by Crippen LogP contribution is -2.21. The van der Waals surface area contributed by atoms with Gasteiger partial charge in [-0.3, -0.25) is 9.59 Å². The monoisotopic (exact) mass is 316 g/mol. The Bertz CT molecular complexity index is 645. The van der Waals surface area contributed by atoms with Crippen LogP contribution < -0.4 is 15.7 Å². The highest BCUT2D eigenvalue weighted by molar-refractivity contribution is 9.10. The Morgan fingerprint density at radius 2 is 2.35 bits per heavy atom. The Morgan fingerprint density at radius 3 is 3.00 bits per heavy atom. The molecule has 2 aromatic rings. The van der Waals surface area contributed by atoms with Crippen LogP contribution in [0.1, 0.15) is 5.69 Å². The van der Waals surface area contributed by atoms with Crippen molar-refractivity contribution < 1.29 is 0 Å². The van der Waals surface area contributed by atoms with Gasteiger partial charge in [-0.2, -0.15) is 5.10 Å². The average Bonchev–Trinajstić information content (AvgIpc) is 2.71. The topological polar surface area (TPSA) is 79.8 Å². The molecule has 0 amide bonds. The summed E-state index contributed by atoms with van der Waals surface area (Å²) in [5, 5.41) is 8.66. The number of anilines is 1. The molecule has 0 saturated heterocycles. The zero-order valence-corrected chi connectivity index (χ0v) is 11.3. The molecule has 2 aromatic heterocycles. The number of aromatic nitrogens is 3. The molecule has 2 heterocycles. The van der Waals surface area contributed by atoms with Gasteiger partial charge in [0.25, 0.3) is 5.56 Å². The van der Waals surface area contributed by atoms with Crippen LogP contribution in [-0.2, 0) is 13.6 Å². The zero-order chi connectivity index (χ0) is 12.4. The fraction of sp³-hybridized carbons (Fsp3) is 0.222. The maximum Gasteiger partial charge on any atom is 0.304 e. The second-order valence-electron chi connectivity index (χ2n) is 3.33. The van der Waals surface area contributed by atoms with Crippen LogP contribution in [0.4, 0.5) is 5.69 Å². The smallest absolute Gasteiger partial charge is 0.304 e. The van der Waals surface area contributed by atoms with E-state index in [0.29, 0.717) is 16.7 Å². The number of nitrogens with one attached hydrogen (secondary N) is 2. The van der Waals surface area contributed by atoms with Gasteiger partial charge in [-0.25, -0.2) is 4.68 Å². The van der Waals surface area contributed by atoms with Crippen LogP contribution in [0.25, 0.3) is 0 Å². The fourth-order valence-corrected chi connectivity index (χ4v) is 2.31. The van der Waals surface area contributed by atoms with Crippen molar-refractivity contribution in [1.29, 1.82) is 0 Å². The number of H-pyrrole nitrogens is 1. The van der Waals surface area contributed by atoms with E-state index in [1.54, 1.807) is 18.6 Å². The van der Waals surface area contributed by atoms with Gasteiger partial charge in [-0.15, -0.1) is 0 Å². The number of hydrogen-bond acceptors (Lipinski definition) is 5. The molecule has 2 rings (SSSR count). The minimum absolute atomic E-state index is 0.0945. The van der Waals surface area contributed by atoms with Gasteiger partial charge in [0.05, 0.1) is 18.4 Å². The lowest BCUT2D eigenvalue weighted by atomic mass is 10.4. The molecule has 0 saturated carbocycles. The molecule has 90 valence electrons. The lowest BCUT2D eigenvalue weighted by molar-refractivity contribution is 0.703. The number of nitrogens with zero attached hydrogens (tertiary/aromatic N) is 2. The van der Waals surface area contributed by atoms with Gasteiger partial charge in [0, 0.05) is 18.1 Å². The minimum Gasteiger partial charge on any atom is -0.377 e. The average molecular weight is 317 g/mol. The molecule has 0 unspecified atom stereocenters. The predicted molar refractivity (Wildman–Crippen MR) is 69.4 cm³/mol. The quantitative estimate of drug-likeness (QED) is 0.882. The molecule has 6 nitrogen and oxygen atoms in total. The summed E-state index contributed by atoms with van der Waals surface area (Å²) in [6, 6.07) is 0. The van der Waals surface area contributed by atoms with E-state index in [9.17, 15) is 9.59 Å². The Balaban J connectivity index is 2.17. The summed E-state index contributed by atoms with van der Waals surface area (Å²) in [6.07, 6.45) is 1.55. The van der Waals surface area contributed by atoms with Crippen LogP contribution in [0.3, 0.4) is 0 Å². The number of aromatic amines is 1. The summed E-state index contributed by atoms with van der Waals surface area (Å²) in [5.74, 6) is 0. The van der Waals surface area contributed by atoms with Crippen LogP contribution >= 0.6 is 27.3 Å². The molecule has 0 aliphatic heterocycles. The number of halogens is 1. The minimum atomic E-state index is -0.214. The highest BCUT2D eigenvalue weighted by Crippen LogP contribution is 2.16. The molecule has 0 aliphatic rings. The summed E-state index contributed by atoms with van der Waals surface area (Å²) >= 11 is 4.31. The van der Waals surface area contributed by atoms with Crippen LogP contribution in [0, 0.1) is 0 Å². The lowest BCUT2D eigenvalue weighted by Gasteiger charge is -2.07. The van der Waals surface area contributed by atoms with Crippen molar-refractivity contribution in [1.82, 2.24) is 14.8 Å². The number of aryl methyl sites for hydroxylation is 1. The third-order valence-electron chi connectivity index (χ3n) is 2.12. The first-order valence-corrected chi connectivity index (χ1v) is 6.37. The number of rotatable bonds is 3. The van der Waals surface area contributed by atoms with Crippen LogP contribution in [0.5, 0.6) is 0 Å². The molecule has 0 aromatic carbocycles. The van der Waals surface area contributed by atoms with Gasteiger partial charge in [0.15, 0.2) is 0 Å². The summed E-state index contributed by atoms with van der Waals surface area (Å²) < 4.78 is 1.66. The Hall–Kier alpha value is -1.41. The van der Waals surface area contributed by atoms with E-state index >= 15 is 0 Å². The second kappa shape index (κ2) is 4.84. The van der Waals surface area contributed by atoms with Crippen LogP contribution in [-0.4, -0.2) is 14.8 Å². The first-order chi connectivity index (χ1) is 8.08. The van der Waals surface area contributed by atoms with Crippen molar-refractivity contribution in [3.8, 4) is 0 Å². The van der Waals surface area contributed by atoms with Crippen molar-refractivity contribution in [3.63, 3.8) is 0 Å². The molecule has 17 heavy (non-hydrogen) atoms. The standard InChI is InChI=1S/C9H9BrN4O2S/c1-14-8(15)7(10)6(3-12-14)11-2-5-4-17-9(16)13-5/h3-4,11H,2H2,1H3,(H,13,16). The molecular formula is C9H9BrN4O2S. The van der Waals surface area contributed by atoms with Crippen molar-refractivity contribution in [2.75, 3.05) is 5.32 Å². The molecule has 8 heteroatoms. The first-order valence-electron chi connectivity index (χ1n) is 4.70. The number of thiazole rings is 1. The van der Waals surface area contributed by atoms with E-state index in [4.69, 9.17) is 0 Å². The molecule has 0 fully saturated rings. The van der Waals surface area contributed by atoms with E-state index < -0.39 is 0 Å². The normalized spacial score (nSPS) is 10.5. The van der Waals surface area contributed by atoms with Crippen molar-refractivity contribution in [2.24, 2.45) is 7.05 Å². The van der Waals surface area contributed by atoms with E-state index in [-0.39, 0.29) is 10.4 Å². The van der Waals surface area contributed by atoms with E-state index in [2.05, 4.69) is 31.3 Å². The Labute approximate surface area is 108 Å². The highest BCUT2D eigenvalue weighted by Gasteiger charge is 2.06. The molecule has 0 atom stereocenters. The third-order valence-corrected chi connectivity index (χ3v) is 3.60. The van der Waals surface area contributed by atoms with Gasteiger partial charge < -0.3 is 10.3 Å². The molecule has 2 N–H and O–H groups in total. The van der Waals surface area contributed by atoms with E-state index in [1.165, 1.54) is 4.68 Å². The molecule has 0 spiro atoms. The fourth-order valence-electron chi connectivity index (χ4n) is 1.22. The van der Waals surface area contributed by atoms with Gasteiger partial charge in [0.1, 0.15) is 4.47 Å². The van der Waals surface area contributed by atoms with Gasteiger partial charge in [0.2, 0.25) is 0 Å². The summed E-state index contributed by atoms with van der Waals surface area (Å²) in [4.78, 5) is 25.1. The van der Waals surface area contributed by atoms with E-state index in [1.807, 2.05) is 0 Å². The maximum absolute atomic E-state index is 11.6. The summed E-state index contributed by atoms with van der Waals surface area (Å²) in [6.45, 7) is 0.437. The largest absolute Gasteiger partial charge is 0.377 e. The maximum atomic E-state index is 11.6. The predicted octanol–water partition coefficient (Wildman–Crippen LogP) is 0.905. The van der Waals surface area contributed by atoms with Crippen LogP contribution in [0.2, 0.25) is 0 Å². The van der Waals surface area contributed by atoms with Crippen molar-refractivity contribution in [3.05, 3.63) is 41.8 Å². The Morgan fingerprint density at radius 1 is 1.59 bits per heavy atom. The number of hydrogen-bond donors (Lipinski definition) is 2. The highest BCUT2D eigenvalue weighted by atomic mass is 79.9. The first kappa shape index (κ1) is 12.1. The molecule has 0 radical (unpaired) electrons. The van der Waals surface area contributed by atoms with Crippen molar-refractivity contribution in [2.45, 2.75) is 6.54 Å². The van der Waals surface area contributed by atoms with Gasteiger partial charge in [-0.1, -0.05) is 11.3 Å². The second-order valence-corrected chi connectivity index (χ2v) is 4.96. The zero-order valence-electron chi connectivity index (χ0n) is 8.86.